The number of sulfonamides is 1. The van der Waals surface area contributed by atoms with E-state index < -0.39 is 21.1 Å². The molecule has 100 valence electrons. The summed E-state index contributed by atoms with van der Waals surface area (Å²) in [5, 5.41) is -0.137. The second-order valence-corrected chi connectivity index (χ2v) is 7.20. The highest BCUT2D eigenvalue weighted by molar-refractivity contribution is 7.89. The number of hydrogen-bond acceptors (Lipinski definition) is 3. The summed E-state index contributed by atoms with van der Waals surface area (Å²) < 4.78 is 27.0. The van der Waals surface area contributed by atoms with Crippen LogP contribution in [-0.2, 0) is 10.0 Å². The van der Waals surface area contributed by atoms with Crippen molar-refractivity contribution in [1.82, 2.24) is 9.71 Å². The molecule has 1 aliphatic carbocycles. The Morgan fingerprint density at radius 3 is 2.56 bits per heavy atom. The van der Waals surface area contributed by atoms with Crippen molar-refractivity contribution in [2.75, 3.05) is 0 Å². The maximum absolute atomic E-state index is 12.2. The minimum Gasteiger partial charge on any atom is -0.326 e. The van der Waals surface area contributed by atoms with E-state index in [0.29, 0.717) is 5.92 Å². The highest BCUT2D eigenvalue weighted by Gasteiger charge is 2.40. The maximum atomic E-state index is 12.2. The van der Waals surface area contributed by atoms with E-state index in [0.717, 1.165) is 25.1 Å². The fraction of sp³-hybridized carbons (Fsp3) is 0.545. The molecule has 0 saturated heterocycles. The summed E-state index contributed by atoms with van der Waals surface area (Å²) in [6.45, 7) is 3.71. The lowest BCUT2D eigenvalue weighted by atomic mass is 10.0. The predicted molar refractivity (Wildman–Crippen MR) is 69.2 cm³/mol. The molecule has 2 N–H and O–H groups in total. The molecule has 2 rings (SSSR count). The van der Waals surface area contributed by atoms with Gasteiger partial charge in [0.05, 0.1) is 4.90 Å². The molecule has 1 saturated carbocycles. The highest BCUT2D eigenvalue weighted by Crippen LogP contribution is 2.39. The lowest BCUT2D eigenvalue weighted by molar-refractivity contribution is 0.400. The Kier molecular flexibility index (Phi) is 3.29. The van der Waals surface area contributed by atoms with Crippen LogP contribution in [0.5, 0.6) is 0 Å². The Bertz CT molecular complexity index is 617. The van der Waals surface area contributed by atoms with E-state index in [-0.39, 0.29) is 9.92 Å². The predicted octanol–water partition coefficient (Wildman–Crippen LogP) is 1.50. The second kappa shape index (κ2) is 4.36. The van der Waals surface area contributed by atoms with E-state index in [2.05, 4.69) is 9.71 Å². The number of rotatable bonds is 4. The van der Waals surface area contributed by atoms with Crippen molar-refractivity contribution >= 4 is 21.6 Å². The van der Waals surface area contributed by atoms with Crippen molar-refractivity contribution in [2.24, 2.45) is 5.92 Å². The first-order valence-electron chi connectivity index (χ1n) is 5.64. The van der Waals surface area contributed by atoms with Gasteiger partial charge in [-0.2, -0.15) is 0 Å². The third-order valence-corrected chi connectivity index (χ3v) is 5.07. The van der Waals surface area contributed by atoms with Gasteiger partial charge in [-0.25, -0.2) is 13.1 Å². The summed E-state index contributed by atoms with van der Waals surface area (Å²) in [5.74, 6) is 0.366. The van der Waals surface area contributed by atoms with Gasteiger partial charge in [-0.15, -0.1) is 0 Å². The third kappa shape index (κ3) is 2.76. The van der Waals surface area contributed by atoms with E-state index >= 15 is 0 Å². The molecule has 0 aromatic carbocycles. The van der Waals surface area contributed by atoms with Gasteiger partial charge in [-0.05, 0) is 38.7 Å². The van der Waals surface area contributed by atoms with Crippen molar-refractivity contribution < 1.29 is 8.42 Å². The smallest absolute Gasteiger partial charge is 0.266 e. The average molecular weight is 291 g/mol. The van der Waals surface area contributed by atoms with Crippen LogP contribution in [0.3, 0.4) is 0 Å². The molecule has 0 unspecified atom stereocenters. The fourth-order valence-electron chi connectivity index (χ4n) is 1.89. The molecular formula is C11H15ClN2O3S. The van der Waals surface area contributed by atoms with Gasteiger partial charge in [0, 0.05) is 11.7 Å². The molecule has 1 aromatic rings. The SMILES string of the molecule is CC(C)(NS(=O)(=O)c1c[nH]c(=O)c(Cl)c1)C1CC1. The zero-order chi connectivity index (χ0) is 13.6. The van der Waals surface area contributed by atoms with Crippen LogP contribution < -0.4 is 10.3 Å². The number of aromatic amines is 1. The van der Waals surface area contributed by atoms with E-state index in [4.69, 9.17) is 11.6 Å². The Hall–Kier alpha value is -0.850. The minimum absolute atomic E-state index is 0.0270. The van der Waals surface area contributed by atoms with Gasteiger partial charge in [0.2, 0.25) is 10.0 Å². The Labute approximate surface area is 111 Å². The van der Waals surface area contributed by atoms with Gasteiger partial charge >= 0.3 is 0 Å². The van der Waals surface area contributed by atoms with Gasteiger partial charge in [0.15, 0.2) is 0 Å². The van der Waals surface area contributed by atoms with Crippen molar-refractivity contribution in [3.05, 3.63) is 27.6 Å². The van der Waals surface area contributed by atoms with Gasteiger partial charge in [-0.3, -0.25) is 4.79 Å². The largest absolute Gasteiger partial charge is 0.326 e. The Balaban J connectivity index is 2.30. The zero-order valence-electron chi connectivity index (χ0n) is 10.2. The molecule has 0 atom stereocenters. The number of H-pyrrole nitrogens is 1. The van der Waals surface area contributed by atoms with Crippen LogP contribution in [0.1, 0.15) is 26.7 Å². The molecule has 0 bridgehead atoms. The van der Waals surface area contributed by atoms with E-state index in [1.807, 2.05) is 13.8 Å². The van der Waals surface area contributed by atoms with E-state index in [1.165, 1.54) is 0 Å². The van der Waals surface area contributed by atoms with Crippen molar-refractivity contribution in [1.29, 1.82) is 0 Å². The van der Waals surface area contributed by atoms with Crippen LogP contribution in [0.4, 0.5) is 0 Å². The summed E-state index contributed by atoms with van der Waals surface area (Å²) in [5.41, 5.74) is -0.987. The van der Waals surface area contributed by atoms with Gasteiger partial charge in [-0.1, -0.05) is 11.6 Å². The normalized spacial score (nSPS) is 16.8. The van der Waals surface area contributed by atoms with Crippen LogP contribution in [0, 0.1) is 5.92 Å². The summed E-state index contributed by atoms with van der Waals surface area (Å²) in [6, 6.07) is 1.16. The molecule has 1 aromatic heterocycles. The lowest BCUT2D eigenvalue weighted by Gasteiger charge is -2.25. The maximum Gasteiger partial charge on any atom is 0.266 e. The quantitative estimate of drug-likeness (QED) is 0.882. The molecule has 7 heteroatoms. The van der Waals surface area contributed by atoms with Crippen molar-refractivity contribution in [2.45, 2.75) is 37.1 Å². The zero-order valence-corrected chi connectivity index (χ0v) is 11.7. The number of hydrogen-bond donors (Lipinski definition) is 2. The molecule has 5 nitrogen and oxygen atoms in total. The molecule has 0 radical (unpaired) electrons. The standard InChI is InChI=1S/C11H15ClN2O3S/c1-11(2,7-3-4-7)14-18(16,17)8-5-9(12)10(15)13-6-8/h5-7,14H,3-4H2,1-2H3,(H,13,15). The molecule has 1 heterocycles. The first-order valence-corrected chi connectivity index (χ1v) is 7.51. The molecule has 18 heavy (non-hydrogen) atoms. The molecule has 0 amide bonds. The third-order valence-electron chi connectivity index (χ3n) is 3.14. The minimum atomic E-state index is -3.67. The molecular weight excluding hydrogens is 276 g/mol. The van der Waals surface area contributed by atoms with Crippen LogP contribution in [0.15, 0.2) is 22.0 Å². The topological polar surface area (TPSA) is 79.0 Å². The second-order valence-electron chi connectivity index (χ2n) is 5.11. The van der Waals surface area contributed by atoms with Crippen molar-refractivity contribution in [3.8, 4) is 0 Å². The number of pyridine rings is 1. The first-order chi connectivity index (χ1) is 8.22. The highest BCUT2D eigenvalue weighted by atomic mass is 35.5. The van der Waals surface area contributed by atoms with Gasteiger partial charge in [0.1, 0.15) is 5.02 Å². The van der Waals surface area contributed by atoms with Crippen LogP contribution in [-0.4, -0.2) is 18.9 Å². The fourth-order valence-corrected chi connectivity index (χ4v) is 3.59. The Morgan fingerprint density at radius 2 is 2.06 bits per heavy atom. The monoisotopic (exact) mass is 290 g/mol. The lowest BCUT2D eigenvalue weighted by Crippen LogP contribution is -2.45. The van der Waals surface area contributed by atoms with Crippen LogP contribution >= 0.6 is 11.6 Å². The van der Waals surface area contributed by atoms with Gasteiger partial charge < -0.3 is 4.98 Å². The Morgan fingerprint density at radius 1 is 1.44 bits per heavy atom. The van der Waals surface area contributed by atoms with E-state index in [9.17, 15) is 13.2 Å². The summed E-state index contributed by atoms with van der Waals surface area (Å²) in [6.07, 6.45) is 3.21. The number of halogens is 1. The summed E-state index contributed by atoms with van der Waals surface area (Å²) >= 11 is 5.63. The summed E-state index contributed by atoms with van der Waals surface area (Å²) in [7, 11) is -3.67. The molecule has 0 spiro atoms. The molecule has 1 aliphatic rings. The molecule has 1 fully saturated rings. The number of aromatic nitrogens is 1. The van der Waals surface area contributed by atoms with Crippen molar-refractivity contribution in [3.63, 3.8) is 0 Å². The summed E-state index contributed by atoms with van der Waals surface area (Å²) in [4.78, 5) is 13.4. The molecule has 0 aliphatic heterocycles. The first kappa shape index (κ1) is 13.6. The van der Waals surface area contributed by atoms with Crippen LogP contribution in [0.2, 0.25) is 5.02 Å². The number of nitrogens with one attached hydrogen (secondary N) is 2. The van der Waals surface area contributed by atoms with Gasteiger partial charge in [0.25, 0.3) is 5.56 Å². The average Bonchev–Trinajstić information content (AvgIpc) is 3.03. The van der Waals surface area contributed by atoms with E-state index in [1.54, 1.807) is 0 Å². The van der Waals surface area contributed by atoms with Crippen LogP contribution in [0.25, 0.3) is 0 Å².